The summed E-state index contributed by atoms with van der Waals surface area (Å²) in [5.74, 6) is 0.431. The molecule has 0 saturated heterocycles. The molecule has 122 valence electrons. The molecule has 0 aromatic carbocycles. The van der Waals surface area contributed by atoms with E-state index in [9.17, 15) is 4.79 Å². The molecule has 6 nitrogen and oxygen atoms in total. The average Bonchev–Trinajstić information content (AvgIpc) is 2.90. The molecule has 2 saturated carbocycles. The highest BCUT2D eigenvalue weighted by atomic mass is 32.1. The first-order chi connectivity index (χ1) is 11.1. The van der Waals surface area contributed by atoms with Crippen LogP contribution in [0.4, 0.5) is 5.13 Å². The van der Waals surface area contributed by atoms with Crippen molar-refractivity contribution >= 4 is 33.7 Å². The molecule has 1 amide bonds. The zero-order valence-corrected chi connectivity index (χ0v) is 14.4. The third-order valence-electron chi connectivity index (χ3n) is 4.41. The van der Waals surface area contributed by atoms with Crippen LogP contribution >= 0.6 is 22.7 Å². The first kappa shape index (κ1) is 15.2. The SMILES string of the molecule is Cc1nnc(NC(=O)c2csc(C3CC3NC3CC(N)C3)c2)s1. The summed E-state index contributed by atoms with van der Waals surface area (Å²) in [5, 5.41) is 17.6. The Morgan fingerprint density at radius 1 is 1.35 bits per heavy atom. The van der Waals surface area contributed by atoms with E-state index in [4.69, 9.17) is 5.73 Å². The number of rotatable bonds is 5. The summed E-state index contributed by atoms with van der Waals surface area (Å²) in [6, 6.07) is 3.52. The van der Waals surface area contributed by atoms with Gasteiger partial charge < -0.3 is 11.1 Å². The second-order valence-electron chi connectivity index (χ2n) is 6.36. The van der Waals surface area contributed by atoms with E-state index in [1.54, 1.807) is 11.3 Å². The maximum atomic E-state index is 12.2. The van der Waals surface area contributed by atoms with E-state index in [0.717, 1.165) is 24.3 Å². The number of anilines is 1. The molecule has 0 spiro atoms. The molecule has 2 aliphatic carbocycles. The Kier molecular flexibility index (Phi) is 3.92. The van der Waals surface area contributed by atoms with Crippen molar-refractivity contribution in [2.75, 3.05) is 5.32 Å². The van der Waals surface area contributed by atoms with Crippen LogP contribution in [0.25, 0.3) is 0 Å². The van der Waals surface area contributed by atoms with E-state index in [-0.39, 0.29) is 5.91 Å². The fourth-order valence-corrected chi connectivity index (χ4v) is 4.63. The molecule has 4 N–H and O–H groups in total. The number of hydrogen-bond acceptors (Lipinski definition) is 7. The Morgan fingerprint density at radius 2 is 2.17 bits per heavy atom. The van der Waals surface area contributed by atoms with Gasteiger partial charge in [-0.2, -0.15) is 0 Å². The lowest BCUT2D eigenvalue weighted by atomic mass is 9.87. The third-order valence-corrected chi connectivity index (χ3v) is 6.23. The minimum absolute atomic E-state index is 0.112. The van der Waals surface area contributed by atoms with Gasteiger partial charge in [-0.25, -0.2) is 0 Å². The van der Waals surface area contributed by atoms with Crippen LogP contribution in [0.5, 0.6) is 0 Å². The van der Waals surface area contributed by atoms with Crippen molar-refractivity contribution in [3.8, 4) is 0 Å². The molecule has 2 fully saturated rings. The number of nitrogens with zero attached hydrogens (tertiary/aromatic N) is 2. The summed E-state index contributed by atoms with van der Waals surface area (Å²) in [7, 11) is 0. The monoisotopic (exact) mass is 349 g/mol. The highest BCUT2D eigenvalue weighted by Crippen LogP contribution is 2.44. The van der Waals surface area contributed by atoms with Gasteiger partial charge in [-0.15, -0.1) is 21.5 Å². The predicted molar refractivity (Wildman–Crippen MR) is 92.2 cm³/mol. The molecule has 2 atom stereocenters. The molecule has 2 aromatic rings. The van der Waals surface area contributed by atoms with Gasteiger partial charge in [0.1, 0.15) is 5.01 Å². The summed E-state index contributed by atoms with van der Waals surface area (Å²) in [5.41, 5.74) is 6.52. The van der Waals surface area contributed by atoms with Crippen molar-refractivity contribution in [1.29, 1.82) is 0 Å². The van der Waals surface area contributed by atoms with E-state index in [1.165, 1.54) is 16.2 Å². The average molecular weight is 349 g/mol. The summed E-state index contributed by atoms with van der Waals surface area (Å²) >= 11 is 3.04. The molecule has 2 aliphatic rings. The Balaban J connectivity index is 1.33. The van der Waals surface area contributed by atoms with E-state index in [1.807, 2.05) is 18.4 Å². The number of aromatic nitrogens is 2. The predicted octanol–water partition coefficient (Wildman–Crippen LogP) is 2.10. The van der Waals surface area contributed by atoms with Crippen LogP contribution in [0.15, 0.2) is 11.4 Å². The Bertz CT molecular complexity index is 721. The van der Waals surface area contributed by atoms with Gasteiger partial charge in [-0.1, -0.05) is 11.3 Å². The van der Waals surface area contributed by atoms with Gasteiger partial charge in [0.25, 0.3) is 5.91 Å². The van der Waals surface area contributed by atoms with Gasteiger partial charge in [-0.05, 0) is 32.3 Å². The number of hydrogen-bond donors (Lipinski definition) is 3. The van der Waals surface area contributed by atoms with Crippen molar-refractivity contribution in [3.63, 3.8) is 0 Å². The first-order valence-corrected chi connectivity index (χ1v) is 9.49. The maximum Gasteiger partial charge on any atom is 0.258 e. The van der Waals surface area contributed by atoms with E-state index >= 15 is 0 Å². The molecule has 2 heterocycles. The minimum atomic E-state index is -0.112. The first-order valence-electron chi connectivity index (χ1n) is 7.80. The largest absolute Gasteiger partial charge is 0.328 e. The minimum Gasteiger partial charge on any atom is -0.328 e. The number of nitrogens with two attached hydrogens (primary N) is 1. The van der Waals surface area contributed by atoms with E-state index in [2.05, 4.69) is 20.8 Å². The van der Waals surface area contributed by atoms with Gasteiger partial charge in [0.2, 0.25) is 5.13 Å². The molecule has 2 unspecified atom stereocenters. The van der Waals surface area contributed by atoms with Crippen LogP contribution in [0, 0.1) is 6.92 Å². The van der Waals surface area contributed by atoms with Crippen LogP contribution in [-0.4, -0.2) is 34.2 Å². The van der Waals surface area contributed by atoms with Crippen LogP contribution in [0.2, 0.25) is 0 Å². The Labute approximate surface area is 142 Å². The lowest BCUT2D eigenvalue weighted by Crippen LogP contribution is -2.49. The Hall–Kier alpha value is -1.35. The molecule has 0 aliphatic heterocycles. The van der Waals surface area contributed by atoms with Crippen LogP contribution < -0.4 is 16.4 Å². The lowest BCUT2D eigenvalue weighted by molar-refractivity contribution is 0.102. The van der Waals surface area contributed by atoms with Crippen molar-refractivity contribution in [2.24, 2.45) is 5.73 Å². The molecular weight excluding hydrogens is 330 g/mol. The summed E-state index contributed by atoms with van der Waals surface area (Å²) in [4.78, 5) is 13.5. The van der Waals surface area contributed by atoms with Crippen molar-refractivity contribution in [2.45, 2.75) is 50.2 Å². The lowest BCUT2D eigenvalue weighted by Gasteiger charge is -2.33. The molecule has 0 radical (unpaired) electrons. The van der Waals surface area contributed by atoms with E-state index in [0.29, 0.717) is 34.7 Å². The molecule has 23 heavy (non-hydrogen) atoms. The maximum absolute atomic E-state index is 12.2. The van der Waals surface area contributed by atoms with Crippen molar-refractivity contribution in [3.05, 3.63) is 26.9 Å². The number of carbonyl (C=O) groups excluding carboxylic acids is 1. The number of amides is 1. The fourth-order valence-electron chi connectivity index (χ4n) is 2.98. The molecule has 0 bridgehead atoms. The second-order valence-corrected chi connectivity index (χ2v) is 8.49. The second kappa shape index (κ2) is 5.94. The number of thiophene rings is 1. The van der Waals surface area contributed by atoms with Crippen molar-refractivity contribution in [1.82, 2.24) is 15.5 Å². The van der Waals surface area contributed by atoms with Crippen LogP contribution in [0.1, 0.15) is 45.4 Å². The van der Waals surface area contributed by atoms with Gasteiger partial charge in [0.05, 0.1) is 5.56 Å². The smallest absolute Gasteiger partial charge is 0.258 e. The highest BCUT2D eigenvalue weighted by molar-refractivity contribution is 7.15. The summed E-state index contributed by atoms with van der Waals surface area (Å²) in [6.07, 6.45) is 3.33. The number of carbonyl (C=O) groups is 1. The zero-order chi connectivity index (χ0) is 16.0. The zero-order valence-electron chi connectivity index (χ0n) is 12.8. The van der Waals surface area contributed by atoms with E-state index < -0.39 is 0 Å². The summed E-state index contributed by atoms with van der Waals surface area (Å²) in [6.45, 7) is 1.87. The van der Waals surface area contributed by atoms with Crippen LogP contribution in [-0.2, 0) is 0 Å². The topological polar surface area (TPSA) is 92.9 Å². The molecule has 4 rings (SSSR count). The molecule has 8 heteroatoms. The van der Waals surface area contributed by atoms with Gasteiger partial charge in [-0.3, -0.25) is 10.1 Å². The normalized spacial score (nSPS) is 29.1. The number of nitrogens with one attached hydrogen (secondary N) is 2. The van der Waals surface area contributed by atoms with Crippen LogP contribution in [0.3, 0.4) is 0 Å². The fraction of sp³-hybridized carbons (Fsp3) is 0.533. The highest BCUT2D eigenvalue weighted by Gasteiger charge is 2.42. The molecular formula is C15H19N5OS2. The standard InChI is InChI=1S/C15H19N5OS2/c1-7-19-20-15(23-7)18-14(21)8-2-13(22-6-8)11-5-12(11)17-10-3-9(16)4-10/h2,6,9-12,17H,3-5,16H2,1H3,(H,18,20,21). The number of aryl methyl sites for hydroxylation is 1. The Morgan fingerprint density at radius 3 is 2.87 bits per heavy atom. The summed E-state index contributed by atoms with van der Waals surface area (Å²) < 4.78 is 0. The van der Waals surface area contributed by atoms with Gasteiger partial charge >= 0.3 is 0 Å². The van der Waals surface area contributed by atoms with Gasteiger partial charge in [0.15, 0.2) is 0 Å². The third kappa shape index (κ3) is 3.30. The van der Waals surface area contributed by atoms with Gasteiger partial charge in [0, 0.05) is 34.3 Å². The quantitative estimate of drug-likeness (QED) is 0.769. The van der Waals surface area contributed by atoms with Crippen molar-refractivity contribution < 1.29 is 4.79 Å². The molecule has 2 aromatic heterocycles.